The summed E-state index contributed by atoms with van der Waals surface area (Å²) in [5.41, 5.74) is 1.26. The molecule has 1 atom stereocenters. The van der Waals surface area contributed by atoms with E-state index in [2.05, 4.69) is 45.2 Å². The molecule has 0 N–H and O–H groups in total. The van der Waals surface area contributed by atoms with Gasteiger partial charge in [0, 0.05) is 17.7 Å². The third-order valence-electron chi connectivity index (χ3n) is 4.59. The lowest BCUT2D eigenvalue weighted by Gasteiger charge is -2.44. The first-order valence-corrected chi connectivity index (χ1v) is 11.8. The van der Waals surface area contributed by atoms with Gasteiger partial charge in [0.2, 0.25) is 0 Å². The third kappa shape index (κ3) is 5.00. The molecule has 0 unspecified atom stereocenters. The molecule has 0 amide bonds. The molecular formula is C16H33NO2SSi. The summed E-state index contributed by atoms with van der Waals surface area (Å²) in [6.07, 6.45) is 1.84. The Balaban J connectivity index is 2.55. The maximum atomic E-state index is 12.0. The van der Waals surface area contributed by atoms with Crippen LogP contribution in [0.3, 0.4) is 0 Å². The molecule has 1 aliphatic carbocycles. The lowest BCUT2D eigenvalue weighted by molar-refractivity contribution is 0.138. The third-order valence-corrected chi connectivity index (χ3v) is 10.5. The van der Waals surface area contributed by atoms with Crippen molar-refractivity contribution >= 4 is 25.0 Å². The Hall–Kier alpha value is -0.00312. The van der Waals surface area contributed by atoms with Gasteiger partial charge in [-0.3, -0.25) is 0 Å². The van der Waals surface area contributed by atoms with E-state index < -0.39 is 19.3 Å². The predicted octanol–water partition coefficient (Wildman–Crippen LogP) is 4.71. The van der Waals surface area contributed by atoms with Crippen molar-refractivity contribution in [3.05, 3.63) is 0 Å². The van der Waals surface area contributed by atoms with Gasteiger partial charge in [-0.05, 0) is 51.7 Å². The molecule has 0 bridgehead atoms. The molecule has 0 heterocycles. The number of rotatable bonds is 4. The van der Waals surface area contributed by atoms with Crippen LogP contribution in [0.25, 0.3) is 0 Å². The summed E-state index contributed by atoms with van der Waals surface area (Å²) in [5, 5.41) is 0.248. The molecule has 124 valence electrons. The van der Waals surface area contributed by atoms with Crippen molar-refractivity contribution in [2.75, 3.05) is 6.61 Å². The van der Waals surface area contributed by atoms with Crippen LogP contribution in [0.4, 0.5) is 0 Å². The van der Waals surface area contributed by atoms with Gasteiger partial charge in [0.05, 0.1) is 4.75 Å². The highest BCUT2D eigenvalue weighted by Gasteiger charge is 2.43. The summed E-state index contributed by atoms with van der Waals surface area (Å²) in [5.74, 6) is 0. The molecule has 3 nitrogen and oxygen atoms in total. The first-order valence-electron chi connectivity index (χ1n) is 7.79. The van der Waals surface area contributed by atoms with Gasteiger partial charge >= 0.3 is 0 Å². The summed E-state index contributed by atoms with van der Waals surface area (Å²) in [6.45, 7) is 20.3. The zero-order valence-electron chi connectivity index (χ0n) is 15.3. The van der Waals surface area contributed by atoms with Crippen LogP contribution in [0.15, 0.2) is 4.40 Å². The van der Waals surface area contributed by atoms with Gasteiger partial charge in [-0.1, -0.05) is 27.7 Å². The zero-order chi connectivity index (χ0) is 16.7. The van der Waals surface area contributed by atoms with Crippen LogP contribution >= 0.6 is 0 Å². The van der Waals surface area contributed by atoms with E-state index in [1.165, 1.54) is 0 Å². The maximum Gasteiger partial charge on any atom is 0.192 e. The molecule has 0 aromatic heterocycles. The van der Waals surface area contributed by atoms with E-state index in [-0.39, 0.29) is 15.2 Å². The zero-order valence-corrected chi connectivity index (χ0v) is 17.1. The Morgan fingerprint density at radius 1 is 1.19 bits per heavy atom. The first kappa shape index (κ1) is 19.0. The van der Waals surface area contributed by atoms with E-state index in [1.54, 1.807) is 0 Å². The second-order valence-corrected chi connectivity index (χ2v) is 15.9. The summed E-state index contributed by atoms with van der Waals surface area (Å²) in [4.78, 5) is 0. The molecule has 0 aromatic carbocycles. The minimum Gasteiger partial charge on any atom is -0.416 e. The van der Waals surface area contributed by atoms with E-state index in [0.29, 0.717) is 0 Å². The van der Waals surface area contributed by atoms with Crippen LogP contribution in [0.2, 0.25) is 18.1 Å². The van der Waals surface area contributed by atoms with E-state index in [4.69, 9.17) is 4.43 Å². The second kappa shape index (κ2) is 5.89. The molecule has 5 heteroatoms. The minimum atomic E-state index is -1.68. The predicted molar refractivity (Wildman–Crippen MR) is 95.8 cm³/mol. The topological polar surface area (TPSA) is 38.7 Å². The van der Waals surface area contributed by atoms with Crippen molar-refractivity contribution < 1.29 is 8.63 Å². The average Bonchev–Trinajstić information content (AvgIpc) is 2.21. The SMILES string of the molecule is CC1(CO[Si](C)(C)C(C)(C)C)CC(=N[S@@](=O)C(C)(C)C)C1. The van der Waals surface area contributed by atoms with Gasteiger partial charge in [-0.2, -0.15) is 4.40 Å². The molecule has 0 spiro atoms. The van der Waals surface area contributed by atoms with Crippen LogP contribution in [-0.2, 0) is 15.4 Å². The Bertz CT molecular complexity index is 436. The highest BCUT2D eigenvalue weighted by molar-refractivity contribution is 7.85. The second-order valence-electron chi connectivity index (χ2n) is 9.23. The van der Waals surface area contributed by atoms with E-state index >= 15 is 0 Å². The highest BCUT2D eigenvalue weighted by atomic mass is 32.2. The molecule has 21 heavy (non-hydrogen) atoms. The summed E-state index contributed by atoms with van der Waals surface area (Å²) >= 11 is 0. The van der Waals surface area contributed by atoms with Crippen molar-refractivity contribution in [2.24, 2.45) is 9.81 Å². The molecule has 0 aliphatic heterocycles. The molecule has 0 saturated heterocycles. The van der Waals surface area contributed by atoms with Gasteiger partial charge in [-0.25, -0.2) is 4.21 Å². The molecular weight excluding hydrogens is 298 g/mol. The fourth-order valence-electron chi connectivity index (χ4n) is 1.93. The summed E-state index contributed by atoms with van der Waals surface area (Å²) in [7, 11) is -2.81. The Labute approximate surface area is 134 Å². The summed E-state index contributed by atoms with van der Waals surface area (Å²) < 4.78 is 22.5. The molecule has 0 aromatic rings. The lowest BCUT2D eigenvalue weighted by atomic mass is 9.70. The fraction of sp³-hybridized carbons (Fsp3) is 0.938. The quantitative estimate of drug-likeness (QED) is 0.700. The lowest BCUT2D eigenvalue weighted by Crippen LogP contribution is -2.47. The minimum absolute atomic E-state index is 0.177. The summed E-state index contributed by atoms with van der Waals surface area (Å²) in [6, 6.07) is 0. The Morgan fingerprint density at radius 3 is 2.05 bits per heavy atom. The van der Waals surface area contributed by atoms with Gasteiger partial charge in [0.15, 0.2) is 8.32 Å². The first-order chi connectivity index (χ1) is 9.16. The van der Waals surface area contributed by atoms with E-state index in [1.807, 2.05) is 20.8 Å². The van der Waals surface area contributed by atoms with Crippen LogP contribution in [0.5, 0.6) is 0 Å². The van der Waals surface area contributed by atoms with Crippen LogP contribution in [-0.4, -0.2) is 29.6 Å². The van der Waals surface area contributed by atoms with Gasteiger partial charge < -0.3 is 4.43 Å². The fourth-order valence-corrected chi connectivity index (χ4v) is 3.71. The smallest absolute Gasteiger partial charge is 0.192 e. The number of hydrogen-bond donors (Lipinski definition) is 0. The van der Waals surface area contributed by atoms with Crippen molar-refractivity contribution in [1.29, 1.82) is 0 Å². The standard InChI is InChI=1S/C16H33NO2SSi/c1-14(2,3)20(18)17-13-10-16(7,11-13)12-19-21(8,9)15(4,5)6/h10-12H2,1-9H3/t16?,20-/m0/s1. The van der Waals surface area contributed by atoms with Crippen LogP contribution < -0.4 is 0 Å². The molecule has 1 fully saturated rings. The number of nitrogens with zero attached hydrogens (tertiary/aromatic N) is 1. The van der Waals surface area contributed by atoms with Crippen molar-refractivity contribution in [1.82, 2.24) is 0 Å². The number of hydrogen-bond acceptors (Lipinski definition) is 2. The van der Waals surface area contributed by atoms with Crippen molar-refractivity contribution in [3.63, 3.8) is 0 Å². The van der Waals surface area contributed by atoms with Gasteiger partial charge in [-0.15, -0.1) is 0 Å². The normalized spacial score (nSPS) is 25.5. The monoisotopic (exact) mass is 331 g/mol. The Kier molecular flexibility index (Phi) is 5.34. The van der Waals surface area contributed by atoms with Crippen molar-refractivity contribution in [2.45, 2.75) is 84.2 Å². The average molecular weight is 332 g/mol. The van der Waals surface area contributed by atoms with E-state index in [0.717, 1.165) is 25.2 Å². The van der Waals surface area contributed by atoms with E-state index in [9.17, 15) is 4.21 Å². The molecule has 0 radical (unpaired) electrons. The Morgan fingerprint density at radius 2 is 1.67 bits per heavy atom. The molecule has 1 aliphatic rings. The van der Waals surface area contributed by atoms with Crippen LogP contribution in [0.1, 0.15) is 61.3 Å². The van der Waals surface area contributed by atoms with Gasteiger partial charge in [0.1, 0.15) is 11.0 Å². The van der Waals surface area contributed by atoms with Crippen molar-refractivity contribution in [3.8, 4) is 0 Å². The largest absolute Gasteiger partial charge is 0.416 e. The molecule has 1 rings (SSSR count). The van der Waals surface area contributed by atoms with Crippen LogP contribution in [0, 0.1) is 5.41 Å². The maximum absolute atomic E-state index is 12.0. The highest BCUT2D eigenvalue weighted by Crippen LogP contribution is 2.43. The van der Waals surface area contributed by atoms with Gasteiger partial charge in [0.25, 0.3) is 0 Å². The molecule has 1 saturated carbocycles.